The Hall–Kier alpha value is -3.50. The third-order valence-electron chi connectivity index (χ3n) is 5.13. The molecule has 0 aliphatic carbocycles. The van der Waals surface area contributed by atoms with Crippen LogP contribution in [0.4, 0.5) is 0 Å². The molecule has 0 bridgehead atoms. The van der Waals surface area contributed by atoms with Crippen LogP contribution in [0.25, 0.3) is 0 Å². The highest BCUT2D eigenvalue weighted by molar-refractivity contribution is 7.99. The van der Waals surface area contributed by atoms with Gasteiger partial charge in [-0.15, -0.1) is 11.8 Å². The van der Waals surface area contributed by atoms with Crippen LogP contribution < -0.4 is 4.74 Å². The van der Waals surface area contributed by atoms with Gasteiger partial charge in [0.05, 0.1) is 0 Å². The van der Waals surface area contributed by atoms with Crippen LogP contribution in [-0.4, -0.2) is 11.1 Å². The lowest BCUT2D eigenvalue weighted by atomic mass is 10.0. The van der Waals surface area contributed by atoms with Gasteiger partial charge in [-0.05, 0) is 34.4 Å². The molecule has 0 radical (unpaired) electrons. The van der Waals surface area contributed by atoms with Crippen molar-refractivity contribution in [2.24, 2.45) is 0 Å². The molecule has 4 aromatic rings. The summed E-state index contributed by atoms with van der Waals surface area (Å²) in [6, 6.07) is 37.6. The predicted molar refractivity (Wildman–Crippen MR) is 130 cm³/mol. The molecule has 0 aliphatic rings. The molecule has 4 heteroatoms. The fourth-order valence-corrected chi connectivity index (χ4v) is 4.55. The molecular formula is C28H24O3S. The zero-order valence-corrected chi connectivity index (χ0v) is 18.3. The first-order valence-electron chi connectivity index (χ1n) is 10.5. The number of rotatable bonds is 9. The summed E-state index contributed by atoms with van der Waals surface area (Å²) in [6.45, 7) is 0. The Morgan fingerprint density at radius 1 is 0.688 bits per heavy atom. The zero-order valence-electron chi connectivity index (χ0n) is 17.5. The Morgan fingerprint density at radius 3 is 1.62 bits per heavy atom. The summed E-state index contributed by atoms with van der Waals surface area (Å²) in [6.07, 6.45) is -0.202. The fraction of sp³-hybridized carbons (Fsp3) is 0.107. The molecule has 160 valence electrons. The number of thioether (sulfide) groups is 1. The normalized spacial score (nSPS) is 11.8. The summed E-state index contributed by atoms with van der Waals surface area (Å²) in [5.74, 6) is 0.552. The molecule has 3 nitrogen and oxygen atoms in total. The number of carbonyl (C=O) groups is 1. The standard InChI is InChI=1S/C28H24O3S/c29-28(30)27(24-14-8-3-9-15-24)32-20-21-16-18-25(19-17-21)31-26(22-10-4-1-5-11-22)23-12-6-2-7-13-23/h1-19,26-27H,20H2,(H,29,30)/t27-/m0/s1. The van der Waals surface area contributed by atoms with E-state index in [4.69, 9.17) is 4.74 Å². The number of aliphatic carboxylic acids is 1. The molecule has 4 rings (SSSR count). The van der Waals surface area contributed by atoms with Crippen molar-refractivity contribution >= 4 is 17.7 Å². The smallest absolute Gasteiger partial charge is 0.321 e. The maximum atomic E-state index is 11.7. The quantitative estimate of drug-likeness (QED) is 0.307. The van der Waals surface area contributed by atoms with E-state index in [1.807, 2.05) is 91.0 Å². The zero-order chi connectivity index (χ0) is 22.2. The highest BCUT2D eigenvalue weighted by Crippen LogP contribution is 2.33. The van der Waals surface area contributed by atoms with Gasteiger partial charge in [0, 0.05) is 5.75 Å². The molecule has 1 atom stereocenters. The molecule has 0 saturated heterocycles. The molecule has 0 spiro atoms. The molecule has 32 heavy (non-hydrogen) atoms. The van der Waals surface area contributed by atoms with Crippen LogP contribution in [0, 0.1) is 0 Å². The number of carboxylic acid groups (broad SMARTS) is 1. The molecule has 1 N–H and O–H groups in total. The van der Waals surface area contributed by atoms with E-state index in [0.717, 1.165) is 28.0 Å². The SMILES string of the molecule is O=C(O)[C@@H](SCc1ccc(OC(c2ccccc2)c2ccccc2)cc1)c1ccccc1. The summed E-state index contributed by atoms with van der Waals surface area (Å²) in [5, 5.41) is 9.03. The second kappa shape index (κ2) is 10.7. The van der Waals surface area contributed by atoms with Gasteiger partial charge >= 0.3 is 5.97 Å². The Morgan fingerprint density at radius 2 is 1.16 bits per heavy atom. The van der Waals surface area contributed by atoms with Gasteiger partial charge in [-0.2, -0.15) is 0 Å². The van der Waals surface area contributed by atoms with Gasteiger partial charge in [-0.1, -0.05) is 103 Å². The number of carboxylic acids is 1. The summed E-state index contributed by atoms with van der Waals surface area (Å²) in [4.78, 5) is 11.7. The molecule has 4 aromatic carbocycles. The van der Waals surface area contributed by atoms with Crippen LogP contribution in [0.3, 0.4) is 0 Å². The first kappa shape index (κ1) is 21.7. The van der Waals surface area contributed by atoms with Crippen molar-refractivity contribution in [1.29, 1.82) is 0 Å². The summed E-state index contributed by atoms with van der Waals surface area (Å²) < 4.78 is 6.37. The minimum Gasteiger partial charge on any atom is -0.481 e. The minimum atomic E-state index is -0.824. The average Bonchev–Trinajstić information content (AvgIpc) is 2.85. The second-order valence-electron chi connectivity index (χ2n) is 7.40. The first-order chi connectivity index (χ1) is 15.7. The van der Waals surface area contributed by atoms with E-state index in [1.54, 1.807) is 0 Å². The lowest BCUT2D eigenvalue weighted by Gasteiger charge is -2.20. The molecule has 0 saturated carbocycles. The summed E-state index contributed by atoms with van der Waals surface area (Å²) >= 11 is 1.41. The maximum Gasteiger partial charge on any atom is 0.321 e. The average molecular weight is 441 g/mol. The highest BCUT2D eigenvalue weighted by Gasteiger charge is 2.20. The van der Waals surface area contributed by atoms with Gasteiger partial charge in [0.1, 0.15) is 17.1 Å². The third-order valence-corrected chi connectivity index (χ3v) is 6.43. The lowest BCUT2D eigenvalue weighted by molar-refractivity contribution is -0.136. The molecular weight excluding hydrogens is 416 g/mol. The monoisotopic (exact) mass is 440 g/mol. The maximum absolute atomic E-state index is 11.7. The first-order valence-corrected chi connectivity index (χ1v) is 11.5. The molecule has 0 fully saturated rings. The topological polar surface area (TPSA) is 46.5 Å². The number of hydrogen-bond acceptors (Lipinski definition) is 3. The van der Waals surface area contributed by atoms with Gasteiger partial charge in [-0.25, -0.2) is 0 Å². The van der Waals surface area contributed by atoms with Crippen LogP contribution >= 0.6 is 11.8 Å². The number of hydrogen-bond donors (Lipinski definition) is 1. The fourth-order valence-electron chi connectivity index (χ4n) is 3.50. The highest BCUT2D eigenvalue weighted by atomic mass is 32.2. The van der Waals surface area contributed by atoms with E-state index >= 15 is 0 Å². The van der Waals surface area contributed by atoms with Gasteiger partial charge in [0.15, 0.2) is 0 Å². The van der Waals surface area contributed by atoms with E-state index in [-0.39, 0.29) is 6.10 Å². The third kappa shape index (κ3) is 5.59. The van der Waals surface area contributed by atoms with Crippen molar-refractivity contribution in [3.05, 3.63) is 138 Å². The van der Waals surface area contributed by atoms with E-state index in [9.17, 15) is 9.90 Å². The van der Waals surface area contributed by atoms with Crippen LogP contribution in [-0.2, 0) is 10.5 Å². The van der Waals surface area contributed by atoms with Crippen LogP contribution in [0.5, 0.6) is 5.75 Å². The van der Waals surface area contributed by atoms with Crippen molar-refractivity contribution in [2.75, 3.05) is 0 Å². The van der Waals surface area contributed by atoms with E-state index in [1.165, 1.54) is 11.8 Å². The van der Waals surface area contributed by atoms with Crippen molar-refractivity contribution in [1.82, 2.24) is 0 Å². The minimum absolute atomic E-state index is 0.202. The summed E-state index contributed by atoms with van der Waals surface area (Å²) in [5.41, 5.74) is 4.04. The van der Waals surface area contributed by atoms with Crippen molar-refractivity contribution < 1.29 is 14.6 Å². The predicted octanol–water partition coefficient (Wildman–Crippen LogP) is 6.91. The van der Waals surface area contributed by atoms with Gasteiger partial charge in [0.25, 0.3) is 0 Å². The Balaban J connectivity index is 1.46. The largest absolute Gasteiger partial charge is 0.481 e. The van der Waals surface area contributed by atoms with E-state index in [0.29, 0.717) is 5.75 Å². The van der Waals surface area contributed by atoms with Crippen molar-refractivity contribution in [3.63, 3.8) is 0 Å². The van der Waals surface area contributed by atoms with Gasteiger partial charge in [-0.3, -0.25) is 4.79 Å². The van der Waals surface area contributed by atoms with Crippen molar-refractivity contribution in [3.8, 4) is 5.75 Å². The second-order valence-corrected chi connectivity index (χ2v) is 8.50. The van der Waals surface area contributed by atoms with Crippen LogP contribution in [0.1, 0.15) is 33.6 Å². The Bertz CT molecular complexity index is 1070. The van der Waals surface area contributed by atoms with Crippen LogP contribution in [0.2, 0.25) is 0 Å². The van der Waals surface area contributed by atoms with E-state index < -0.39 is 11.2 Å². The Kier molecular flexibility index (Phi) is 7.26. The Labute approximate surface area is 192 Å². The van der Waals surface area contributed by atoms with Crippen LogP contribution in [0.15, 0.2) is 115 Å². The van der Waals surface area contributed by atoms with E-state index in [2.05, 4.69) is 24.3 Å². The number of benzene rings is 4. The molecule has 0 amide bonds. The lowest BCUT2D eigenvalue weighted by Crippen LogP contribution is -2.09. The summed E-state index contributed by atoms with van der Waals surface area (Å²) in [7, 11) is 0. The van der Waals surface area contributed by atoms with Crippen molar-refractivity contribution in [2.45, 2.75) is 17.1 Å². The molecule has 0 heterocycles. The number of ether oxygens (including phenoxy) is 1. The van der Waals surface area contributed by atoms with Gasteiger partial charge in [0.2, 0.25) is 0 Å². The molecule has 0 aromatic heterocycles. The van der Waals surface area contributed by atoms with Gasteiger partial charge < -0.3 is 9.84 Å². The molecule has 0 aliphatic heterocycles. The molecule has 0 unspecified atom stereocenters.